The monoisotopic (exact) mass is 263 g/mol. The number of rotatable bonds is 4. The molecule has 0 aliphatic carbocycles. The molecule has 0 fully saturated rings. The van der Waals surface area contributed by atoms with Gasteiger partial charge in [0.2, 0.25) is 0 Å². The minimum absolute atomic E-state index is 0.537. The van der Waals surface area contributed by atoms with Crippen molar-refractivity contribution in [1.29, 1.82) is 0 Å². The third kappa shape index (κ3) is 3.62. The van der Waals surface area contributed by atoms with Gasteiger partial charge in [0.1, 0.15) is 12.4 Å². The summed E-state index contributed by atoms with van der Waals surface area (Å²) in [6.45, 7) is 4.51. The van der Waals surface area contributed by atoms with E-state index in [-0.39, 0.29) is 0 Å². The van der Waals surface area contributed by atoms with Crippen molar-refractivity contribution in [2.24, 2.45) is 0 Å². The molecule has 1 aliphatic rings. The standard InChI is InChI=1S/C15H18ClNO/c1-12(10-16)11-18-15-4-2-13(3-5-15)14-6-8-17-9-7-14/h2-6,10,17H,7-9,11H2,1H3/b12-10-. The van der Waals surface area contributed by atoms with Crippen LogP contribution in [0.1, 0.15) is 18.9 Å². The smallest absolute Gasteiger partial charge is 0.119 e. The molecule has 0 atom stereocenters. The predicted molar refractivity (Wildman–Crippen MR) is 77.0 cm³/mol. The van der Waals surface area contributed by atoms with Crippen molar-refractivity contribution in [2.45, 2.75) is 13.3 Å². The number of halogens is 1. The minimum atomic E-state index is 0.537. The van der Waals surface area contributed by atoms with E-state index >= 15 is 0 Å². The van der Waals surface area contributed by atoms with Crippen LogP contribution in [-0.4, -0.2) is 19.7 Å². The van der Waals surface area contributed by atoms with Crippen molar-refractivity contribution < 1.29 is 4.74 Å². The van der Waals surface area contributed by atoms with Crippen molar-refractivity contribution >= 4 is 17.2 Å². The van der Waals surface area contributed by atoms with Gasteiger partial charge in [0.15, 0.2) is 0 Å². The molecule has 1 aromatic rings. The third-order valence-corrected chi connectivity index (χ3v) is 3.31. The van der Waals surface area contributed by atoms with Gasteiger partial charge < -0.3 is 10.1 Å². The number of benzene rings is 1. The largest absolute Gasteiger partial charge is 0.489 e. The fraction of sp³-hybridized carbons (Fsp3) is 0.333. The van der Waals surface area contributed by atoms with Gasteiger partial charge in [-0.15, -0.1) is 0 Å². The zero-order chi connectivity index (χ0) is 12.8. The molecule has 0 unspecified atom stereocenters. The van der Waals surface area contributed by atoms with Gasteiger partial charge in [-0.2, -0.15) is 0 Å². The molecule has 0 saturated heterocycles. The Morgan fingerprint density at radius 3 is 2.78 bits per heavy atom. The van der Waals surface area contributed by atoms with Crippen LogP contribution >= 0.6 is 11.6 Å². The molecule has 0 bridgehead atoms. The van der Waals surface area contributed by atoms with Crippen molar-refractivity contribution in [1.82, 2.24) is 5.32 Å². The van der Waals surface area contributed by atoms with Crippen LogP contribution in [0.5, 0.6) is 5.75 Å². The van der Waals surface area contributed by atoms with Crippen LogP contribution in [0, 0.1) is 0 Å². The number of nitrogens with one attached hydrogen (secondary N) is 1. The molecule has 0 radical (unpaired) electrons. The molecule has 0 spiro atoms. The van der Waals surface area contributed by atoms with Gasteiger partial charge in [-0.05, 0) is 48.7 Å². The van der Waals surface area contributed by atoms with Gasteiger partial charge in [-0.25, -0.2) is 0 Å². The normalized spacial score (nSPS) is 16.3. The van der Waals surface area contributed by atoms with Crippen LogP contribution in [-0.2, 0) is 0 Å². The van der Waals surface area contributed by atoms with Crippen molar-refractivity contribution in [3.8, 4) is 5.75 Å². The highest BCUT2D eigenvalue weighted by Gasteiger charge is 2.05. The van der Waals surface area contributed by atoms with Gasteiger partial charge >= 0.3 is 0 Å². The highest BCUT2D eigenvalue weighted by molar-refractivity contribution is 6.25. The fourth-order valence-corrected chi connectivity index (χ4v) is 1.94. The highest BCUT2D eigenvalue weighted by Crippen LogP contribution is 2.22. The molecule has 3 heteroatoms. The fourth-order valence-electron chi connectivity index (χ4n) is 1.88. The Morgan fingerprint density at radius 1 is 1.39 bits per heavy atom. The maximum Gasteiger partial charge on any atom is 0.119 e. The summed E-state index contributed by atoms with van der Waals surface area (Å²) in [6.07, 6.45) is 3.34. The molecule has 1 N–H and O–H groups in total. The summed E-state index contributed by atoms with van der Waals surface area (Å²) in [5, 5.41) is 3.32. The van der Waals surface area contributed by atoms with Crippen LogP contribution in [0.15, 0.2) is 41.4 Å². The summed E-state index contributed by atoms with van der Waals surface area (Å²) in [6, 6.07) is 8.26. The molecule has 0 amide bonds. The SMILES string of the molecule is C/C(=C/Cl)COc1ccc(C2=CCNCC2)cc1. The van der Waals surface area contributed by atoms with E-state index in [0.29, 0.717) is 6.61 Å². The van der Waals surface area contributed by atoms with E-state index in [2.05, 4.69) is 23.5 Å². The lowest BCUT2D eigenvalue weighted by Gasteiger charge is -2.14. The second-order valence-corrected chi connectivity index (χ2v) is 4.67. The minimum Gasteiger partial charge on any atom is -0.489 e. The van der Waals surface area contributed by atoms with Crippen LogP contribution in [0.3, 0.4) is 0 Å². The molecule has 2 nitrogen and oxygen atoms in total. The molecule has 18 heavy (non-hydrogen) atoms. The quantitative estimate of drug-likeness (QED) is 0.897. The van der Waals surface area contributed by atoms with Gasteiger partial charge in [-0.3, -0.25) is 0 Å². The van der Waals surface area contributed by atoms with E-state index in [1.54, 1.807) is 5.54 Å². The van der Waals surface area contributed by atoms with Crippen LogP contribution < -0.4 is 10.1 Å². The number of ether oxygens (including phenoxy) is 1. The molecular weight excluding hydrogens is 246 g/mol. The lowest BCUT2D eigenvalue weighted by molar-refractivity contribution is 0.352. The Kier molecular flexibility index (Phi) is 4.85. The van der Waals surface area contributed by atoms with E-state index in [1.165, 1.54) is 11.1 Å². The van der Waals surface area contributed by atoms with Gasteiger partial charge in [-0.1, -0.05) is 29.8 Å². The summed E-state index contributed by atoms with van der Waals surface area (Å²) in [7, 11) is 0. The molecule has 1 aromatic carbocycles. The Bertz CT molecular complexity index is 448. The first kappa shape index (κ1) is 13.2. The molecule has 1 aliphatic heterocycles. The average Bonchev–Trinajstić information content (AvgIpc) is 2.46. The summed E-state index contributed by atoms with van der Waals surface area (Å²) in [4.78, 5) is 0. The van der Waals surface area contributed by atoms with E-state index < -0.39 is 0 Å². The Balaban J connectivity index is 1.99. The molecule has 1 heterocycles. The maximum atomic E-state index is 5.62. The van der Waals surface area contributed by atoms with E-state index in [4.69, 9.17) is 16.3 Å². The lowest BCUT2D eigenvalue weighted by Crippen LogP contribution is -2.19. The van der Waals surface area contributed by atoms with Crippen molar-refractivity contribution in [3.63, 3.8) is 0 Å². The molecule has 96 valence electrons. The first-order valence-corrected chi connectivity index (χ1v) is 6.62. The van der Waals surface area contributed by atoms with E-state index in [1.807, 2.05) is 19.1 Å². The zero-order valence-corrected chi connectivity index (χ0v) is 11.3. The lowest BCUT2D eigenvalue weighted by atomic mass is 10.0. The number of hydrogen-bond acceptors (Lipinski definition) is 2. The van der Waals surface area contributed by atoms with Crippen molar-refractivity contribution in [3.05, 3.63) is 47.0 Å². The van der Waals surface area contributed by atoms with Gasteiger partial charge in [0.05, 0.1) is 0 Å². The first-order valence-electron chi connectivity index (χ1n) is 6.18. The molecule has 0 aromatic heterocycles. The summed E-state index contributed by atoms with van der Waals surface area (Å²) < 4.78 is 5.62. The molecular formula is C15H18ClNO. The first-order chi connectivity index (χ1) is 8.79. The van der Waals surface area contributed by atoms with Crippen LogP contribution in [0.4, 0.5) is 0 Å². The average molecular weight is 264 g/mol. The molecule has 0 saturated carbocycles. The topological polar surface area (TPSA) is 21.3 Å². The maximum absolute atomic E-state index is 5.62. The van der Waals surface area contributed by atoms with Crippen LogP contribution in [0.2, 0.25) is 0 Å². The predicted octanol–water partition coefficient (Wildman–Crippen LogP) is 3.58. The second-order valence-electron chi connectivity index (χ2n) is 4.45. The second kappa shape index (κ2) is 6.62. The summed E-state index contributed by atoms with van der Waals surface area (Å²) in [5.41, 5.74) is 5.26. The third-order valence-electron chi connectivity index (χ3n) is 2.94. The van der Waals surface area contributed by atoms with Crippen LogP contribution in [0.25, 0.3) is 5.57 Å². The Hall–Kier alpha value is -1.25. The summed E-state index contributed by atoms with van der Waals surface area (Å²) in [5.74, 6) is 0.881. The van der Waals surface area contributed by atoms with E-state index in [0.717, 1.165) is 30.8 Å². The molecule has 2 rings (SSSR count). The van der Waals surface area contributed by atoms with E-state index in [9.17, 15) is 0 Å². The Morgan fingerprint density at radius 2 is 2.17 bits per heavy atom. The van der Waals surface area contributed by atoms with Gasteiger partial charge in [0, 0.05) is 12.1 Å². The summed E-state index contributed by atoms with van der Waals surface area (Å²) >= 11 is 5.59. The number of hydrogen-bond donors (Lipinski definition) is 1. The zero-order valence-electron chi connectivity index (χ0n) is 10.6. The highest BCUT2D eigenvalue weighted by atomic mass is 35.5. The Labute approximate surface area is 113 Å². The van der Waals surface area contributed by atoms with Crippen molar-refractivity contribution in [2.75, 3.05) is 19.7 Å². The van der Waals surface area contributed by atoms with Gasteiger partial charge in [0.25, 0.3) is 0 Å².